The molecule has 0 spiro atoms. The SMILES string of the molecule is C=CCOc1ccc(C(C)C)cc1CC=C. The molecule has 0 saturated heterocycles. The van der Waals surface area contributed by atoms with E-state index in [9.17, 15) is 0 Å². The molecular weight excluding hydrogens is 196 g/mol. The first-order valence-corrected chi connectivity index (χ1v) is 5.66. The predicted octanol–water partition coefficient (Wildman–Crippen LogP) is 4.10. The van der Waals surface area contributed by atoms with Gasteiger partial charge in [-0.25, -0.2) is 0 Å². The summed E-state index contributed by atoms with van der Waals surface area (Å²) in [6, 6.07) is 6.36. The summed E-state index contributed by atoms with van der Waals surface area (Å²) in [5, 5.41) is 0. The highest BCUT2D eigenvalue weighted by Crippen LogP contribution is 2.25. The Bertz CT molecular complexity index is 364. The minimum Gasteiger partial charge on any atom is -0.489 e. The molecule has 0 amide bonds. The molecule has 1 heteroatoms. The van der Waals surface area contributed by atoms with Gasteiger partial charge in [-0.2, -0.15) is 0 Å². The smallest absolute Gasteiger partial charge is 0.123 e. The van der Waals surface area contributed by atoms with Crippen LogP contribution in [0, 0.1) is 0 Å². The number of allylic oxidation sites excluding steroid dienone is 1. The first kappa shape index (κ1) is 12.6. The molecule has 16 heavy (non-hydrogen) atoms. The average Bonchev–Trinajstić information content (AvgIpc) is 2.27. The second-order valence-electron chi connectivity index (χ2n) is 4.11. The molecule has 0 aliphatic rings. The molecule has 0 aromatic heterocycles. The van der Waals surface area contributed by atoms with Crippen molar-refractivity contribution in [2.45, 2.75) is 26.2 Å². The van der Waals surface area contributed by atoms with Gasteiger partial charge in [-0.05, 0) is 29.5 Å². The molecule has 0 saturated carbocycles. The second-order valence-corrected chi connectivity index (χ2v) is 4.11. The summed E-state index contributed by atoms with van der Waals surface area (Å²) in [5.41, 5.74) is 2.53. The minimum atomic E-state index is 0.539. The molecule has 1 nitrogen and oxygen atoms in total. The van der Waals surface area contributed by atoms with Crippen molar-refractivity contribution in [2.24, 2.45) is 0 Å². The second kappa shape index (κ2) is 6.16. The molecule has 1 aromatic rings. The third kappa shape index (κ3) is 3.27. The molecule has 0 heterocycles. The van der Waals surface area contributed by atoms with Crippen LogP contribution in [0.1, 0.15) is 30.9 Å². The van der Waals surface area contributed by atoms with E-state index in [1.54, 1.807) is 6.08 Å². The van der Waals surface area contributed by atoms with Gasteiger partial charge in [-0.3, -0.25) is 0 Å². The standard InChI is InChI=1S/C15H20O/c1-5-7-14-11-13(12(3)4)8-9-15(14)16-10-6-2/h5-6,8-9,11-12H,1-2,7,10H2,3-4H3. The Morgan fingerprint density at radius 2 is 2.00 bits per heavy atom. The van der Waals surface area contributed by atoms with E-state index in [1.807, 2.05) is 12.1 Å². The zero-order valence-corrected chi connectivity index (χ0v) is 10.2. The third-order valence-corrected chi connectivity index (χ3v) is 2.47. The Hall–Kier alpha value is -1.50. The van der Waals surface area contributed by atoms with E-state index in [2.05, 4.69) is 39.1 Å². The fourth-order valence-corrected chi connectivity index (χ4v) is 1.56. The lowest BCUT2D eigenvalue weighted by Gasteiger charge is -2.12. The van der Waals surface area contributed by atoms with Crippen LogP contribution in [0.5, 0.6) is 5.75 Å². The fourth-order valence-electron chi connectivity index (χ4n) is 1.56. The summed E-state index contributed by atoms with van der Waals surface area (Å²) >= 11 is 0. The Morgan fingerprint density at radius 3 is 2.56 bits per heavy atom. The van der Waals surface area contributed by atoms with E-state index >= 15 is 0 Å². The van der Waals surface area contributed by atoms with Crippen molar-refractivity contribution in [3.63, 3.8) is 0 Å². The van der Waals surface area contributed by atoms with Crippen molar-refractivity contribution < 1.29 is 4.74 Å². The van der Waals surface area contributed by atoms with Crippen LogP contribution in [0.2, 0.25) is 0 Å². The maximum Gasteiger partial charge on any atom is 0.123 e. The number of benzene rings is 1. The molecule has 1 rings (SSSR count). The van der Waals surface area contributed by atoms with Gasteiger partial charge in [0.25, 0.3) is 0 Å². The highest BCUT2D eigenvalue weighted by Gasteiger charge is 2.05. The largest absolute Gasteiger partial charge is 0.489 e. The molecule has 0 unspecified atom stereocenters. The Kier molecular flexibility index (Phi) is 4.84. The van der Waals surface area contributed by atoms with Gasteiger partial charge < -0.3 is 4.74 Å². The van der Waals surface area contributed by atoms with Gasteiger partial charge >= 0.3 is 0 Å². The maximum absolute atomic E-state index is 5.61. The molecule has 0 radical (unpaired) electrons. The minimum absolute atomic E-state index is 0.539. The summed E-state index contributed by atoms with van der Waals surface area (Å²) < 4.78 is 5.61. The summed E-state index contributed by atoms with van der Waals surface area (Å²) in [7, 11) is 0. The van der Waals surface area contributed by atoms with Crippen molar-refractivity contribution in [1.29, 1.82) is 0 Å². The topological polar surface area (TPSA) is 9.23 Å². The average molecular weight is 216 g/mol. The van der Waals surface area contributed by atoms with Crippen molar-refractivity contribution in [2.75, 3.05) is 6.61 Å². The van der Waals surface area contributed by atoms with E-state index in [-0.39, 0.29) is 0 Å². The van der Waals surface area contributed by atoms with Crippen LogP contribution in [-0.4, -0.2) is 6.61 Å². The molecule has 0 aliphatic carbocycles. The Labute approximate surface area is 98.5 Å². The summed E-state index contributed by atoms with van der Waals surface area (Å²) in [6.45, 7) is 12.4. The molecule has 1 aromatic carbocycles. The van der Waals surface area contributed by atoms with Crippen molar-refractivity contribution in [3.8, 4) is 5.75 Å². The van der Waals surface area contributed by atoms with Crippen LogP contribution < -0.4 is 4.74 Å². The predicted molar refractivity (Wildman–Crippen MR) is 70.1 cm³/mol. The zero-order valence-electron chi connectivity index (χ0n) is 10.2. The van der Waals surface area contributed by atoms with Crippen molar-refractivity contribution in [3.05, 3.63) is 54.6 Å². The van der Waals surface area contributed by atoms with Gasteiger partial charge in [0.05, 0.1) is 0 Å². The van der Waals surface area contributed by atoms with Crippen LogP contribution in [0.15, 0.2) is 43.5 Å². The quantitative estimate of drug-likeness (QED) is 0.650. The van der Waals surface area contributed by atoms with E-state index in [0.29, 0.717) is 12.5 Å². The highest BCUT2D eigenvalue weighted by molar-refractivity contribution is 5.39. The molecular formula is C15H20O. The number of rotatable bonds is 6. The van der Waals surface area contributed by atoms with Crippen molar-refractivity contribution >= 4 is 0 Å². The van der Waals surface area contributed by atoms with E-state index in [4.69, 9.17) is 4.74 Å². The maximum atomic E-state index is 5.61. The van der Waals surface area contributed by atoms with Crippen LogP contribution in [0.25, 0.3) is 0 Å². The first-order chi connectivity index (χ1) is 7.69. The van der Waals surface area contributed by atoms with Gasteiger partial charge in [0.1, 0.15) is 12.4 Å². The van der Waals surface area contributed by atoms with Crippen molar-refractivity contribution in [1.82, 2.24) is 0 Å². The molecule has 0 N–H and O–H groups in total. The molecule has 0 aliphatic heterocycles. The summed E-state index contributed by atoms with van der Waals surface area (Å²) in [4.78, 5) is 0. The first-order valence-electron chi connectivity index (χ1n) is 5.66. The molecule has 86 valence electrons. The van der Waals surface area contributed by atoms with Crippen LogP contribution in [0.4, 0.5) is 0 Å². The highest BCUT2D eigenvalue weighted by atomic mass is 16.5. The Balaban J connectivity index is 2.98. The lowest BCUT2D eigenvalue weighted by atomic mass is 9.99. The van der Waals surface area contributed by atoms with Crippen LogP contribution in [0.3, 0.4) is 0 Å². The van der Waals surface area contributed by atoms with Gasteiger partial charge in [0, 0.05) is 0 Å². The summed E-state index contributed by atoms with van der Waals surface area (Å²) in [5.74, 6) is 1.47. The number of ether oxygens (including phenoxy) is 1. The summed E-state index contributed by atoms with van der Waals surface area (Å²) in [6.07, 6.45) is 4.50. The Morgan fingerprint density at radius 1 is 1.25 bits per heavy atom. The molecule has 0 atom stereocenters. The van der Waals surface area contributed by atoms with Crippen LogP contribution >= 0.6 is 0 Å². The van der Waals surface area contributed by atoms with E-state index in [0.717, 1.165) is 12.2 Å². The monoisotopic (exact) mass is 216 g/mol. The van der Waals surface area contributed by atoms with Gasteiger partial charge in [0.15, 0.2) is 0 Å². The number of hydrogen-bond donors (Lipinski definition) is 0. The normalized spacial score (nSPS) is 10.2. The van der Waals surface area contributed by atoms with E-state index < -0.39 is 0 Å². The van der Waals surface area contributed by atoms with Gasteiger partial charge in [-0.15, -0.1) is 6.58 Å². The fraction of sp³-hybridized carbons (Fsp3) is 0.333. The zero-order chi connectivity index (χ0) is 12.0. The van der Waals surface area contributed by atoms with E-state index in [1.165, 1.54) is 11.1 Å². The van der Waals surface area contributed by atoms with Crippen LogP contribution in [-0.2, 0) is 6.42 Å². The number of hydrogen-bond acceptors (Lipinski definition) is 1. The molecule has 0 bridgehead atoms. The lowest BCUT2D eigenvalue weighted by Crippen LogP contribution is -1.99. The third-order valence-electron chi connectivity index (χ3n) is 2.47. The van der Waals surface area contributed by atoms with Gasteiger partial charge in [-0.1, -0.05) is 44.7 Å². The van der Waals surface area contributed by atoms with Gasteiger partial charge in [0.2, 0.25) is 0 Å². The molecule has 0 fully saturated rings. The lowest BCUT2D eigenvalue weighted by molar-refractivity contribution is 0.359.